The molecule has 0 unspecified atom stereocenters. The summed E-state index contributed by atoms with van der Waals surface area (Å²) in [5.74, 6) is 0. The number of pyridine rings is 1. The first-order valence-corrected chi connectivity index (χ1v) is 3.59. The molecule has 0 aliphatic carbocycles. The smallest absolute Gasteiger partial charge is 0.0586 e. The summed E-state index contributed by atoms with van der Waals surface area (Å²) in [7, 11) is 0. The van der Waals surface area contributed by atoms with Crippen molar-refractivity contribution in [1.29, 1.82) is 0 Å². The van der Waals surface area contributed by atoms with Gasteiger partial charge in [0.05, 0.1) is 6.61 Å². The zero-order chi connectivity index (χ0) is 8.10. The van der Waals surface area contributed by atoms with Gasteiger partial charge in [0.25, 0.3) is 0 Å². The molecule has 0 aliphatic rings. The predicted molar refractivity (Wildman–Crippen MR) is 43.0 cm³/mol. The van der Waals surface area contributed by atoms with Crippen molar-refractivity contribution < 1.29 is 5.11 Å². The predicted octanol–water partition coefficient (Wildman–Crippen LogP) is -0.0563. The maximum Gasteiger partial charge on any atom is 0.0586 e. The molecule has 0 saturated carbocycles. The second-order valence-corrected chi connectivity index (χ2v) is 2.47. The van der Waals surface area contributed by atoms with E-state index in [0.717, 1.165) is 5.69 Å². The van der Waals surface area contributed by atoms with E-state index in [1.54, 1.807) is 6.20 Å². The van der Waals surface area contributed by atoms with E-state index in [2.05, 4.69) is 4.98 Å². The molecule has 0 aromatic carbocycles. The maximum absolute atomic E-state index is 8.64. The topological polar surface area (TPSA) is 59.1 Å². The summed E-state index contributed by atoms with van der Waals surface area (Å²) in [5, 5.41) is 8.64. The van der Waals surface area contributed by atoms with Crippen LogP contribution in [0.2, 0.25) is 0 Å². The molecule has 3 heteroatoms. The first-order chi connectivity index (χ1) is 5.33. The molecular weight excluding hydrogens is 140 g/mol. The summed E-state index contributed by atoms with van der Waals surface area (Å²) in [5.41, 5.74) is 6.44. The Hall–Kier alpha value is -0.930. The maximum atomic E-state index is 8.64. The van der Waals surface area contributed by atoms with E-state index in [1.165, 1.54) is 0 Å². The zero-order valence-electron chi connectivity index (χ0n) is 6.27. The zero-order valence-corrected chi connectivity index (χ0v) is 6.27. The van der Waals surface area contributed by atoms with Crippen LogP contribution in [0.5, 0.6) is 0 Å². The fourth-order valence-corrected chi connectivity index (χ4v) is 0.852. The summed E-state index contributed by atoms with van der Waals surface area (Å²) in [6.07, 6.45) is 2.36. The van der Waals surface area contributed by atoms with Gasteiger partial charge in [0, 0.05) is 24.4 Å². The van der Waals surface area contributed by atoms with Gasteiger partial charge in [0.15, 0.2) is 0 Å². The minimum absolute atomic E-state index is 0.0105. The normalized spacial score (nSPS) is 12.9. The van der Waals surface area contributed by atoms with Crippen LogP contribution in [0.15, 0.2) is 24.4 Å². The molecular formula is C8H12N2O. The molecule has 0 aliphatic heterocycles. The summed E-state index contributed by atoms with van der Waals surface area (Å²) in [6.45, 7) is 0.0105. The number of nitrogens with zero attached hydrogens (tertiary/aromatic N) is 1. The summed E-state index contributed by atoms with van der Waals surface area (Å²) < 4.78 is 0. The Morgan fingerprint density at radius 2 is 2.36 bits per heavy atom. The largest absolute Gasteiger partial charge is 0.395 e. The molecule has 0 spiro atoms. The molecule has 1 aromatic rings. The number of aromatic nitrogens is 1. The third-order valence-electron chi connectivity index (χ3n) is 1.43. The minimum atomic E-state index is -0.190. The van der Waals surface area contributed by atoms with Crippen LogP contribution < -0.4 is 5.73 Å². The van der Waals surface area contributed by atoms with Gasteiger partial charge in [-0.1, -0.05) is 6.07 Å². The molecule has 0 fully saturated rings. The molecule has 0 saturated heterocycles. The van der Waals surface area contributed by atoms with E-state index in [9.17, 15) is 0 Å². The highest BCUT2D eigenvalue weighted by Crippen LogP contribution is 1.96. The third-order valence-corrected chi connectivity index (χ3v) is 1.43. The second-order valence-electron chi connectivity index (χ2n) is 2.47. The van der Waals surface area contributed by atoms with Gasteiger partial charge in [0.1, 0.15) is 0 Å². The van der Waals surface area contributed by atoms with Gasteiger partial charge in [-0.2, -0.15) is 0 Å². The van der Waals surface area contributed by atoms with Gasteiger partial charge in [-0.25, -0.2) is 0 Å². The van der Waals surface area contributed by atoms with Crippen molar-refractivity contribution in [1.82, 2.24) is 4.98 Å². The summed E-state index contributed by atoms with van der Waals surface area (Å²) in [4.78, 5) is 4.08. The molecule has 0 radical (unpaired) electrons. The van der Waals surface area contributed by atoms with Gasteiger partial charge in [-0.3, -0.25) is 4.98 Å². The average molecular weight is 152 g/mol. The molecule has 0 amide bonds. The number of rotatable bonds is 3. The van der Waals surface area contributed by atoms with E-state index in [4.69, 9.17) is 10.8 Å². The Kier molecular flexibility index (Phi) is 3.01. The number of aliphatic hydroxyl groups excluding tert-OH is 1. The lowest BCUT2D eigenvalue weighted by atomic mass is 10.2. The van der Waals surface area contributed by atoms with Crippen LogP contribution in [0.4, 0.5) is 0 Å². The van der Waals surface area contributed by atoms with E-state index >= 15 is 0 Å². The van der Waals surface area contributed by atoms with Crippen molar-refractivity contribution in [2.24, 2.45) is 5.73 Å². The van der Waals surface area contributed by atoms with Crippen LogP contribution in [0, 0.1) is 0 Å². The number of aliphatic hydroxyl groups is 1. The van der Waals surface area contributed by atoms with Crippen LogP contribution in [-0.2, 0) is 6.42 Å². The van der Waals surface area contributed by atoms with Gasteiger partial charge in [-0.05, 0) is 12.1 Å². The first kappa shape index (κ1) is 8.17. The van der Waals surface area contributed by atoms with Gasteiger partial charge < -0.3 is 10.8 Å². The summed E-state index contributed by atoms with van der Waals surface area (Å²) >= 11 is 0. The first-order valence-electron chi connectivity index (χ1n) is 3.59. The lowest BCUT2D eigenvalue weighted by Crippen LogP contribution is -2.27. The lowest BCUT2D eigenvalue weighted by molar-refractivity contribution is 0.264. The van der Waals surface area contributed by atoms with Gasteiger partial charge in [-0.15, -0.1) is 0 Å². The molecule has 1 rings (SSSR count). The van der Waals surface area contributed by atoms with Crippen molar-refractivity contribution in [2.75, 3.05) is 6.61 Å². The van der Waals surface area contributed by atoms with Crippen molar-refractivity contribution in [3.05, 3.63) is 30.1 Å². The highest BCUT2D eigenvalue weighted by molar-refractivity contribution is 5.04. The third kappa shape index (κ3) is 2.65. The highest BCUT2D eigenvalue weighted by atomic mass is 16.3. The monoisotopic (exact) mass is 152 g/mol. The number of hydrogen-bond donors (Lipinski definition) is 2. The summed E-state index contributed by atoms with van der Waals surface area (Å²) in [6, 6.07) is 5.47. The molecule has 11 heavy (non-hydrogen) atoms. The molecule has 1 heterocycles. The van der Waals surface area contributed by atoms with Crippen molar-refractivity contribution >= 4 is 0 Å². The fourth-order valence-electron chi connectivity index (χ4n) is 0.852. The average Bonchev–Trinajstić information content (AvgIpc) is 2.06. The van der Waals surface area contributed by atoms with Crippen molar-refractivity contribution in [3.8, 4) is 0 Å². The van der Waals surface area contributed by atoms with Crippen LogP contribution in [0.25, 0.3) is 0 Å². The van der Waals surface area contributed by atoms with E-state index in [0.29, 0.717) is 6.42 Å². The minimum Gasteiger partial charge on any atom is -0.395 e. The molecule has 60 valence electrons. The van der Waals surface area contributed by atoms with Crippen LogP contribution in [0.1, 0.15) is 5.69 Å². The van der Waals surface area contributed by atoms with Crippen molar-refractivity contribution in [2.45, 2.75) is 12.5 Å². The molecule has 3 nitrogen and oxygen atoms in total. The Morgan fingerprint density at radius 1 is 1.55 bits per heavy atom. The quantitative estimate of drug-likeness (QED) is 0.638. The molecule has 1 aromatic heterocycles. The second kappa shape index (κ2) is 4.05. The van der Waals surface area contributed by atoms with Crippen LogP contribution >= 0.6 is 0 Å². The number of hydrogen-bond acceptors (Lipinski definition) is 3. The standard InChI is InChI=1S/C8H12N2O/c9-7(6-11)5-8-3-1-2-4-10-8/h1-4,7,11H,5-6,9H2/t7-/m0/s1. The van der Waals surface area contributed by atoms with Crippen LogP contribution in [-0.4, -0.2) is 22.7 Å². The number of nitrogens with two attached hydrogens (primary N) is 1. The van der Waals surface area contributed by atoms with Gasteiger partial charge >= 0.3 is 0 Å². The highest BCUT2D eigenvalue weighted by Gasteiger charge is 2.01. The fraction of sp³-hybridized carbons (Fsp3) is 0.375. The van der Waals surface area contributed by atoms with E-state index in [1.807, 2.05) is 18.2 Å². The van der Waals surface area contributed by atoms with Crippen LogP contribution in [0.3, 0.4) is 0 Å². The Labute approximate surface area is 65.9 Å². The van der Waals surface area contributed by atoms with E-state index < -0.39 is 0 Å². The molecule has 1 atom stereocenters. The Bertz CT molecular complexity index is 201. The van der Waals surface area contributed by atoms with Gasteiger partial charge in [0.2, 0.25) is 0 Å². The lowest BCUT2D eigenvalue weighted by Gasteiger charge is -2.05. The van der Waals surface area contributed by atoms with Crippen molar-refractivity contribution in [3.63, 3.8) is 0 Å². The van der Waals surface area contributed by atoms with E-state index in [-0.39, 0.29) is 12.6 Å². The SMILES string of the molecule is N[C@H](CO)Cc1ccccn1. The molecule has 0 bridgehead atoms. The molecule has 3 N–H and O–H groups in total. The Balaban J connectivity index is 2.51. The Morgan fingerprint density at radius 3 is 2.91 bits per heavy atom.